The molecule has 0 radical (unpaired) electrons. The summed E-state index contributed by atoms with van der Waals surface area (Å²) in [6.07, 6.45) is 2.29. The Labute approximate surface area is 85.0 Å². The fraction of sp³-hybridized carbons (Fsp3) is 0.500. The van der Waals surface area contributed by atoms with Crippen LogP contribution in [0.15, 0.2) is 30.3 Å². The van der Waals surface area contributed by atoms with Gasteiger partial charge in [0, 0.05) is 6.54 Å². The highest BCUT2D eigenvalue weighted by Crippen LogP contribution is 2.45. The van der Waals surface area contributed by atoms with Crippen molar-refractivity contribution in [1.29, 1.82) is 0 Å². The molecule has 2 nitrogen and oxygen atoms in total. The van der Waals surface area contributed by atoms with Crippen molar-refractivity contribution in [2.75, 3.05) is 13.6 Å². The molecule has 0 aromatic heterocycles. The second-order valence-electron chi connectivity index (χ2n) is 4.09. The molecular weight excluding hydrogens is 174 g/mol. The Hall–Kier alpha value is -0.860. The van der Waals surface area contributed by atoms with Gasteiger partial charge in [-0.2, -0.15) is 0 Å². The average Bonchev–Trinajstić information content (AvgIpc) is 3.03. The van der Waals surface area contributed by atoms with E-state index in [-0.39, 0.29) is 0 Å². The number of hydrogen-bond acceptors (Lipinski definition) is 2. The SMILES string of the molecule is CNCC(O)(c1ccccc1)C1CC1. The third-order valence-corrected chi connectivity index (χ3v) is 2.97. The van der Waals surface area contributed by atoms with Gasteiger partial charge in [0.15, 0.2) is 0 Å². The fourth-order valence-electron chi connectivity index (χ4n) is 2.04. The molecule has 1 saturated carbocycles. The van der Waals surface area contributed by atoms with Crippen molar-refractivity contribution in [3.63, 3.8) is 0 Å². The first-order valence-corrected chi connectivity index (χ1v) is 5.20. The third-order valence-electron chi connectivity index (χ3n) is 2.97. The smallest absolute Gasteiger partial charge is 0.105 e. The van der Waals surface area contributed by atoms with Crippen LogP contribution in [0.1, 0.15) is 18.4 Å². The predicted molar refractivity (Wildman–Crippen MR) is 57.0 cm³/mol. The Balaban J connectivity index is 2.26. The van der Waals surface area contributed by atoms with E-state index in [4.69, 9.17) is 0 Å². The van der Waals surface area contributed by atoms with Crippen LogP contribution in [0.3, 0.4) is 0 Å². The minimum absolute atomic E-state index is 0.442. The molecule has 1 atom stereocenters. The van der Waals surface area contributed by atoms with Crippen molar-refractivity contribution >= 4 is 0 Å². The third kappa shape index (κ3) is 1.68. The molecule has 1 fully saturated rings. The molecule has 1 aromatic rings. The number of rotatable bonds is 4. The van der Waals surface area contributed by atoms with E-state index in [0.29, 0.717) is 12.5 Å². The van der Waals surface area contributed by atoms with Crippen LogP contribution in [0.5, 0.6) is 0 Å². The van der Waals surface area contributed by atoms with Crippen molar-refractivity contribution in [3.05, 3.63) is 35.9 Å². The lowest BCUT2D eigenvalue weighted by molar-refractivity contribution is 0.0153. The van der Waals surface area contributed by atoms with E-state index in [9.17, 15) is 5.11 Å². The topological polar surface area (TPSA) is 32.3 Å². The highest BCUT2D eigenvalue weighted by atomic mass is 16.3. The number of hydrogen-bond donors (Lipinski definition) is 2. The molecule has 2 rings (SSSR count). The number of likely N-dealkylation sites (N-methyl/N-ethyl adjacent to an activating group) is 1. The Morgan fingerprint density at radius 3 is 2.50 bits per heavy atom. The first-order chi connectivity index (χ1) is 6.77. The number of benzene rings is 1. The minimum atomic E-state index is -0.657. The molecule has 0 bridgehead atoms. The van der Waals surface area contributed by atoms with Gasteiger partial charge >= 0.3 is 0 Å². The van der Waals surface area contributed by atoms with E-state index >= 15 is 0 Å². The summed E-state index contributed by atoms with van der Waals surface area (Å²) in [7, 11) is 1.89. The molecule has 76 valence electrons. The zero-order chi connectivity index (χ0) is 10.0. The monoisotopic (exact) mass is 191 g/mol. The molecular formula is C12H17NO. The highest BCUT2D eigenvalue weighted by molar-refractivity contribution is 5.25. The molecule has 1 unspecified atom stereocenters. The Kier molecular flexibility index (Phi) is 2.57. The molecule has 2 N–H and O–H groups in total. The molecule has 0 heterocycles. The minimum Gasteiger partial charge on any atom is -0.384 e. The lowest BCUT2D eigenvalue weighted by atomic mass is 9.89. The number of nitrogens with one attached hydrogen (secondary N) is 1. The summed E-state index contributed by atoms with van der Waals surface area (Å²) in [5.41, 5.74) is 0.382. The molecule has 0 spiro atoms. The summed E-state index contributed by atoms with van der Waals surface area (Å²) in [6.45, 7) is 0.641. The molecule has 0 saturated heterocycles. The van der Waals surface area contributed by atoms with Gasteiger partial charge in [-0.05, 0) is 31.4 Å². The van der Waals surface area contributed by atoms with E-state index in [0.717, 1.165) is 18.4 Å². The van der Waals surface area contributed by atoms with Gasteiger partial charge in [0.1, 0.15) is 5.60 Å². The van der Waals surface area contributed by atoms with Gasteiger partial charge in [-0.25, -0.2) is 0 Å². The van der Waals surface area contributed by atoms with Gasteiger partial charge in [0.2, 0.25) is 0 Å². The lowest BCUT2D eigenvalue weighted by Gasteiger charge is -2.28. The molecule has 1 aliphatic carbocycles. The van der Waals surface area contributed by atoms with E-state index in [2.05, 4.69) is 5.32 Å². The zero-order valence-corrected chi connectivity index (χ0v) is 8.53. The summed E-state index contributed by atoms with van der Waals surface area (Å²) in [5, 5.41) is 13.6. The average molecular weight is 191 g/mol. The highest BCUT2D eigenvalue weighted by Gasteiger charge is 2.44. The Morgan fingerprint density at radius 2 is 2.00 bits per heavy atom. The molecule has 1 aliphatic rings. The van der Waals surface area contributed by atoms with Crippen LogP contribution >= 0.6 is 0 Å². The van der Waals surface area contributed by atoms with Crippen molar-refractivity contribution in [1.82, 2.24) is 5.32 Å². The lowest BCUT2D eigenvalue weighted by Crippen LogP contribution is -2.38. The van der Waals surface area contributed by atoms with Crippen molar-refractivity contribution in [2.24, 2.45) is 5.92 Å². The summed E-state index contributed by atoms with van der Waals surface area (Å²) >= 11 is 0. The molecule has 0 amide bonds. The van der Waals surface area contributed by atoms with Crippen LogP contribution in [0.25, 0.3) is 0 Å². The normalized spacial score (nSPS) is 20.4. The zero-order valence-electron chi connectivity index (χ0n) is 8.53. The van der Waals surface area contributed by atoms with Gasteiger partial charge in [-0.15, -0.1) is 0 Å². The maximum absolute atomic E-state index is 10.6. The summed E-state index contributed by atoms with van der Waals surface area (Å²) in [4.78, 5) is 0. The van der Waals surface area contributed by atoms with E-state index in [1.807, 2.05) is 37.4 Å². The van der Waals surface area contributed by atoms with E-state index < -0.39 is 5.60 Å². The summed E-state index contributed by atoms with van der Waals surface area (Å²) in [5.74, 6) is 0.442. The summed E-state index contributed by atoms with van der Waals surface area (Å²) in [6, 6.07) is 9.97. The maximum atomic E-state index is 10.6. The quantitative estimate of drug-likeness (QED) is 0.756. The van der Waals surface area contributed by atoms with Gasteiger partial charge < -0.3 is 10.4 Å². The van der Waals surface area contributed by atoms with Crippen molar-refractivity contribution in [3.8, 4) is 0 Å². The predicted octanol–water partition coefficient (Wildman–Crippen LogP) is 1.50. The molecule has 14 heavy (non-hydrogen) atoms. The maximum Gasteiger partial charge on any atom is 0.105 e. The van der Waals surface area contributed by atoms with Crippen LogP contribution in [-0.2, 0) is 5.60 Å². The van der Waals surface area contributed by atoms with Gasteiger partial charge in [0.05, 0.1) is 0 Å². The van der Waals surface area contributed by atoms with E-state index in [1.54, 1.807) is 0 Å². The molecule has 1 aromatic carbocycles. The van der Waals surface area contributed by atoms with Gasteiger partial charge in [0.25, 0.3) is 0 Å². The Morgan fingerprint density at radius 1 is 1.36 bits per heavy atom. The van der Waals surface area contributed by atoms with Crippen LogP contribution in [0.4, 0.5) is 0 Å². The van der Waals surface area contributed by atoms with Crippen LogP contribution in [-0.4, -0.2) is 18.7 Å². The van der Waals surface area contributed by atoms with Crippen LogP contribution in [0.2, 0.25) is 0 Å². The van der Waals surface area contributed by atoms with E-state index in [1.165, 1.54) is 0 Å². The first kappa shape index (κ1) is 9.69. The van der Waals surface area contributed by atoms with Crippen LogP contribution in [0, 0.1) is 5.92 Å². The fourth-order valence-corrected chi connectivity index (χ4v) is 2.04. The standard InChI is InChI=1S/C12H17NO/c1-13-9-12(14,11-7-8-11)10-5-3-2-4-6-10/h2-6,11,13-14H,7-9H2,1H3. The molecule has 0 aliphatic heterocycles. The van der Waals surface area contributed by atoms with Crippen molar-refractivity contribution in [2.45, 2.75) is 18.4 Å². The van der Waals surface area contributed by atoms with Crippen molar-refractivity contribution < 1.29 is 5.11 Å². The first-order valence-electron chi connectivity index (χ1n) is 5.20. The van der Waals surface area contributed by atoms with Gasteiger partial charge in [-0.1, -0.05) is 30.3 Å². The second kappa shape index (κ2) is 3.71. The Bertz CT molecular complexity index is 294. The molecule has 2 heteroatoms. The number of aliphatic hydroxyl groups is 1. The second-order valence-corrected chi connectivity index (χ2v) is 4.09. The summed E-state index contributed by atoms with van der Waals surface area (Å²) < 4.78 is 0. The van der Waals surface area contributed by atoms with Crippen LogP contribution < -0.4 is 5.32 Å². The van der Waals surface area contributed by atoms with Gasteiger partial charge in [-0.3, -0.25) is 0 Å². The largest absolute Gasteiger partial charge is 0.384 e.